The molecule has 1 aliphatic carbocycles. The minimum atomic E-state index is -0.723. The van der Waals surface area contributed by atoms with Crippen molar-refractivity contribution in [3.63, 3.8) is 0 Å². The second-order valence-corrected chi connectivity index (χ2v) is 5.31. The summed E-state index contributed by atoms with van der Waals surface area (Å²) in [6, 6.07) is -0.386. The van der Waals surface area contributed by atoms with Crippen LogP contribution in [-0.4, -0.2) is 23.7 Å². The van der Waals surface area contributed by atoms with Crippen LogP contribution >= 0.6 is 0 Å². The van der Waals surface area contributed by atoms with Crippen LogP contribution in [0.2, 0.25) is 0 Å². The van der Waals surface area contributed by atoms with Crippen molar-refractivity contribution in [1.82, 2.24) is 5.32 Å². The Morgan fingerprint density at radius 1 is 1.31 bits per heavy atom. The van der Waals surface area contributed by atoms with Gasteiger partial charge >= 0.3 is 5.97 Å². The van der Waals surface area contributed by atoms with E-state index in [2.05, 4.69) is 5.32 Å². The molecule has 1 rings (SSSR count). The van der Waals surface area contributed by atoms with Crippen molar-refractivity contribution in [2.45, 2.75) is 58.4 Å². The van der Waals surface area contributed by atoms with Gasteiger partial charge in [-0.05, 0) is 24.8 Å². The number of carbonyl (C=O) groups is 1. The zero-order chi connectivity index (χ0) is 12.0. The summed E-state index contributed by atoms with van der Waals surface area (Å²) in [7, 11) is 0. The van der Waals surface area contributed by atoms with E-state index in [9.17, 15) is 4.79 Å². The number of aliphatic carboxylic acids is 1. The fraction of sp³-hybridized carbons (Fsp3) is 0.923. The Labute approximate surface area is 98.6 Å². The summed E-state index contributed by atoms with van der Waals surface area (Å²) in [4.78, 5) is 11.0. The Morgan fingerprint density at radius 2 is 1.94 bits per heavy atom. The zero-order valence-electron chi connectivity index (χ0n) is 10.5. The van der Waals surface area contributed by atoms with Gasteiger partial charge in [0.2, 0.25) is 0 Å². The summed E-state index contributed by atoms with van der Waals surface area (Å²) in [6.45, 7) is 4.75. The van der Waals surface area contributed by atoms with Crippen LogP contribution in [0.1, 0.15) is 52.4 Å². The molecule has 1 atom stereocenters. The molecule has 16 heavy (non-hydrogen) atoms. The molecule has 1 saturated carbocycles. The molecule has 0 amide bonds. The number of carboxylic acid groups (broad SMARTS) is 1. The van der Waals surface area contributed by atoms with E-state index in [-0.39, 0.29) is 12.0 Å². The van der Waals surface area contributed by atoms with Crippen molar-refractivity contribution >= 4 is 5.97 Å². The lowest BCUT2D eigenvalue weighted by atomic mass is 9.87. The van der Waals surface area contributed by atoms with Crippen LogP contribution in [0.5, 0.6) is 0 Å². The molecule has 3 heteroatoms. The summed E-state index contributed by atoms with van der Waals surface area (Å²) >= 11 is 0. The molecule has 0 aromatic rings. The topological polar surface area (TPSA) is 49.3 Å². The third kappa shape index (κ3) is 4.52. The molecule has 0 bridgehead atoms. The van der Waals surface area contributed by atoms with Gasteiger partial charge in [0, 0.05) is 0 Å². The zero-order valence-corrected chi connectivity index (χ0v) is 10.5. The fourth-order valence-electron chi connectivity index (χ4n) is 2.53. The van der Waals surface area contributed by atoms with Crippen molar-refractivity contribution in [1.29, 1.82) is 0 Å². The van der Waals surface area contributed by atoms with Gasteiger partial charge in [-0.25, -0.2) is 0 Å². The number of carboxylic acids is 1. The SMILES string of the molecule is CC(C)[C@H](NCCC1CCCCC1)C(=O)O. The van der Waals surface area contributed by atoms with Gasteiger partial charge in [0.05, 0.1) is 0 Å². The van der Waals surface area contributed by atoms with Gasteiger partial charge in [-0.2, -0.15) is 0 Å². The first-order valence-electron chi connectivity index (χ1n) is 6.57. The predicted octanol–water partition coefficient (Wildman–Crippen LogP) is 2.66. The van der Waals surface area contributed by atoms with Crippen LogP contribution in [0.15, 0.2) is 0 Å². The maximum atomic E-state index is 11.0. The van der Waals surface area contributed by atoms with E-state index < -0.39 is 5.97 Å². The molecule has 0 aliphatic heterocycles. The standard InChI is InChI=1S/C13H25NO2/c1-10(2)12(13(15)16)14-9-8-11-6-4-3-5-7-11/h10-12,14H,3-9H2,1-2H3,(H,15,16)/t12-/m0/s1. The summed E-state index contributed by atoms with van der Waals surface area (Å²) < 4.78 is 0. The minimum Gasteiger partial charge on any atom is -0.480 e. The van der Waals surface area contributed by atoms with Crippen molar-refractivity contribution in [2.24, 2.45) is 11.8 Å². The number of hydrogen-bond acceptors (Lipinski definition) is 2. The molecule has 94 valence electrons. The monoisotopic (exact) mass is 227 g/mol. The van der Waals surface area contributed by atoms with Gasteiger partial charge in [-0.3, -0.25) is 4.79 Å². The van der Waals surface area contributed by atoms with Crippen molar-refractivity contribution in [2.75, 3.05) is 6.54 Å². The third-order valence-electron chi connectivity index (χ3n) is 3.57. The van der Waals surface area contributed by atoms with Gasteiger partial charge < -0.3 is 10.4 Å². The van der Waals surface area contributed by atoms with Crippen molar-refractivity contribution in [3.05, 3.63) is 0 Å². The lowest BCUT2D eigenvalue weighted by Crippen LogP contribution is -2.41. The molecule has 0 aromatic heterocycles. The maximum Gasteiger partial charge on any atom is 0.320 e. The fourth-order valence-corrected chi connectivity index (χ4v) is 2.53. The van der Waals surface area contributed by atoms with Crippen LogP contribution in [0, 0.1) is 11.8 Å². The smallest absolute Gasteiger partial charge is 0.320 e. The quantitative estimate of drug-likeness (QED) is 0.733. The Hall–Kier alpha value is -0.570. The number of nitrogens with one attached hydrogen (secondary N) is 1. The van der Waals surface area contributed by atoms with Gasteiger partial charge in [0.25, 0.3) is 0 Å². The Bertz CT molecular complexity index is 210. The summed E-state index contributed by atoms with van der Waals surface area (Å²) in [5, 5.41) is 12.2. The van der Waals surface area contributed by atoms with E-state index in [4.69, 9.17) is 5.11 Å². The van der Waals surface area contributed by atoms with E-state index >= 15 is 0 Å². The van der Waals surface area contributed by atoms with Crippen molar-refractivity contribution in [3.8, 4) is 0 Å². The highest BCUT2D eigenvalue weighted by atomic mass is 16.4. The molecule has 0 unspecified atom stereocenters. The largest absolute Gasteiger partial charge is 0.480 e. The van der Waals surface area contributed by atoms with Crippen LogP contribution in [0.4, 0.5) is 0 Å². The number of hydrogen-bond donors (Lipinski definition) is 2. The van der Waals surface area contributed by atoms with Gasteiger partial charge in [-0.15, -0.1) is 0 Å². The molecule has 0 saturated heterocycles. The van der Waals surface area contributed by atoms with Gasteiger partial charge in [-0.1, -0.05) is 46.0 Å². The van der Waals surface area contributed by atoms with Crippen LogP contribution in [0.3, 0.4) is 0 Å². The first kappa shape index (κ1) is 13.5. The maximum absolute atomic E-state index is 11.0. The molecular weight excluding hydrogens is 202 g/mol. The second-order valence-electron chi connectivity index (χ2n) is 5.31. The highest BCUT2D eigenvalue weighted by Gasteiger charge is 2.21. The van der Waals surface area contributed by atoms with Crippen LogP contribution in [-0.2, 0) is 4.79 Å². The van der Waals surface area contributed by atoms with Gasteiger partial charge in [0.1, 0.15) is 6.04 Å². The van der Waals surface area contributed by atoms with E-state index in [0.29, 0.717) is 0 Å². The highest BCUT2D eigenvalue weighted by molar-refractivity contribution is 5.73. The highest BCUT2D eigenvalue weighted by Crippen LogP contribution is 2.25. The summed E-state index contributed by atoms with van der Waals surface area (Å²) in [5.41, 5.74) is 0. The van der Waals surface area contributed by atoms with E-state index in [1.165, 1.54) is 32.1 Å². The molecule has 1 aliphatic rings. The Kier molecular flexibility index (Phi) is 5.81. The first-order chi connectivity index (χ1) is 7.61. The third-order valence-corrected chi connectivity index (χ3v) is 3.57. The number of rotatable bonds is 6. The lowest BCUT2D eigenvalue weighted by molar-refractivity contribution is -0.140. The first-order valence-corrected chi connectivity index (χ1v) is 6.57. The van der Waals surface area contributed by atoms with Gasteiger partial charge in [0.15, 0.2) is 0 Å². The predicted molar refractivity (Wildman–Crippen MR) is 65.5 cm³/mol. The molecule has 0 heterocycles. The Morgan fingerprint density at radius 3 is 2.44 bits per heavy atom. The molecule has 0 spiro atoms. The average molecular weight is 227 g/mol. The molecule has 1 fully saturated rings. The van der Waals surface area contributed by atoms with E-state index in [1.54, 1.807) is 0 Å². The summed E-state index contributed by atoms with van der Waals surface area (Å²) in [5.74, 6) is 0.255. The van der Waals surface area contributed by atoms with Crippen LogP contribution < -0.4 is 5.32 Å². The van der Waals surface area contributed by atoms with Crippen molar-refractivity contribution < 1.29 is 9.90 Å². The Balaban J connectivity index is 2.19. The summed E-state index contributed by atoms with van der Waals surface area (Å²) in [6.07, 6.45) is 7.90. The second kappa shape index (κ2) is 6.89. The molecule has 0 aromatic carbocycles. The minimum absolute atomic E-state index is 0.156. The normalized spacial score (nSPS) is 19.9. The molecule has 0 radical (unpaired) electrons. The molecule has 2 N–H and O–H groups in total. The average Bonchev–Trinajstić information content (AvgIpc) is 2.24. The van der Waals surface area contributed by atoms with E-state index in [0.717, 1.165) is 18.9 Å². The van der Waals surface area contributed by atoms with Crippen LogP contribution in [0.25, 0.3) is 0 Å². The lowest BCUT2D eigenvalue weighted by Gasteiger charge is -2.23. The van der Waals surface area contributed by atoms with E-state index in [1.807, 2.05) is 13.8 Å². The molecular formula is C13H25NO2. The molecule has 3 nitrogen and oxygen atoms in total.